The van der Waals surface area contributed by atoms with Crippen molar-refractivity contribution in [3.05, 3.63) is 86.5 Å². The molecule has 2 heterocycles. The van der Waals surface area contributed by atoms with E-state index in [0.717, 1.165) is 35.1 Å². The molecule has 194 valence electrons. The molecule has 1 atom stereocenters. The highest BCUT2D eigenvalue weighted by Crippen LogP contribution is 2.35. The van der Waals surface area contributed by atoms with E-state index in [1.54, 1.807) is 0 Å². The SMILES string of the molecule is Cc1ccc(CN(Cc2cc3cc(C)c(C)cc3[nH]c2=O)[C@@H](c2nnnn2C2CCCC2)C(C)C)cc1. The summed E-state index contributed by atoms with van der Waals surface area (Å²) in [6, 6.07) is 15.2. The van der Waals surface area contributed by atoms with Gasteiger partial charge >= 0.3 is 0 Å². The lowest BCUT2D eigenvalue weighted by Crippen LogP contribution is -2.35. The van der Waals surface area contributed by atoms with Gasteiger partial charge in [-0.1, -0.05) is 56.5 Å². The van der Waals surface area contributed by atoms with Gasteiger partial charge in [-0.25, -0.2) is 4.68 Å². The smallest absolute Gasteiger partial charge is 0.252 e. The van der Waals surface area contributed by atoms with Crippen molar-refractivity contribution in [2.45, 2.75) is 85.5 Å². The number of tetrazole rings is 1. The minimum Gasteiger partial charge on any atom is -0.322 e. The summed E-state index contributed by atoms with van der Waals surface area (Å²) in [5.41, 5.74) is 6.44. The van der Waals surface area contributed by atoms with Crippen molar-refractivity contribution in [3.8, 4) is 0 Å². The van der Waals surface area contributed by atoms with Gasteiger partial charge in [0, 0.05) is 24.2 Å². The molecule has 0 amide bonds. The Balaban J connectivity index is 1.57. The Morgan fingerprint density at radius 3 is 2.41 bits per heavy atom. The number of aromatic amines is 1. The van der Waals surface area contributed by atoms with Gasteiger partial charge in [-0.3, -0.25) is 9.69 Å². The van der Waals surface area contributed by atoms with Crippen LogP contribution < -0.4 is 5.56 Å². The Morgan fingerprint density at radius 1 is 1.00 bits per heavy atom. The largest absolute Gasteiger partial charge is 0.322 e. The number of benzene rings is 2. The third-order valence-electron chi connectivity index (χ3n) is 7.89. The molecule has 5 rings (SSSR count). The van der Waals surface area contributed by atoms with Crippen LogP contribution >= 0.6 is 0 Å². The summed E-state index contributed by atoms with van der Waals surface area (Å²) in [6.07, 6.45) is 4.66. The number of pyridine rings is 1. The first-order chi connectivity index (χ1) is 17.8. The quantitative estimate of drug-likeness (QED) is 0.324. The second kappa shape index (κ2) is 10.6. The van der Waals surface area contributed by atoms with E-state index < -0.39 is 0 Å². The van der Waals surface area contributed by atoms with Crippen molar-refractivity contribution in [3.63, 3.8) is 0 Å². The molecule has 7 nitrogen and oxygen atoms in total. The number of hydrogen-bond acceptors (Lipinski definition) is 5. The van der Waals surface area contributed by atoms with Gasteiger partial charge in [0.25, 0.3) is 5.56 Å². The van der Waals surface area contributed by atoms with Crippen molar-refractivity contribution in [2.24, 2.45) is 5.92 Å². The summed E-state index contributed by atoms with van der Waals surface area (Å²) >= 11 is 0. The average Bonchev–Trinajstić information content (AvgIpc) is 3.54. The highest BCUT2D eigenvalue weighted by molar-refractivity contribution is 5.80. The van der Waals surface area contributed by atoms with E-state index in [4.69, 9.17) is 0 Å². The summed E-state index contributed by atoms with van der Waals surface area (Å²) in [5, 5.41) is 14.2. The van der Waals surface area contributed by atoms with Crippen LogP contribution in [0, 0.1) is 26.7 Å². The van der Waals surface area contributed by atoms with E-state index in [1.807, 2.05) is 0 Å². The molecule has 0 radical (unpaired) electrons. The number of H-pyrrole nitrogens is 1. The second-order valence-electron chi connectivity index (χ2n) is 11.1. The van der Waals surface area contributed by atoms with Crippen LogP contribution in [0.2, 0.25) is 0 Å². The maximum atomic E-state index is 13.3. The Hall–Kier alpha value is -3.32. The molecule has 2 aromatic carbocycles. The maximum Gasteiger partial charge on any atom is 0.252 e. The molecule has 1 aliphatic carbocycles. The minimum atomic E-state index is -0.0393. The van der Waals surface area contributed by atoms with E-state index in [2.05, 4.69) is 107 Å². The molecule has 37 heavy (non-hydrogen) atoms. The molecule has 2 aromatic heterocycles. The first-order valence-electron chi connectivity index (χ1n) is 13.5. The van der Waals surface area contributed by atoms with E-state index >= 15 is 0 Å². The van der Waals surface area contributed by atoms with Crippen molar-refractivity contribution in [2.75, 3.05) is 0 Å². The predicted molar refractivity (Wildman–Crippen MR) is 147 cm³/mol. The van der Waals surface area contributed by atoms with Gasteiger partial charge in [0.2, 0.25) is 0 Å². The molecule has 1 aliphatic rings. The highest BCUT2D eigenvalue weighted by atomic mass is 16.1. The fourth-order valence-corrected chi connectivity index (χ4v) is 5.73. The van der Waals surface area contributed by atoms with Crippen LogP contribution in [0.15, 0.2) is 47.3 Å². The summed E-state index contributed by atoms with van der Waals surface area (Å²) in [4.78, 5) is 18.8. The lowest BCUT2D eigenvalue weighted by Gasteiger charge is -2.34. The number of rotatable bonds is 8. The van der Waals surface area contributed by atoms with Crippen molar-refractivity contribution in [1.82, 2.24) is 30.1 Å². The number of nitrogens with one attached hydrogen (secondary N) is 1. The molecule has 1 fully saturated rings. The summed E-state index contributed by atoms with van der Waals surface area (Å²) in [5.74, 6) is 1.15. The van der Waals surface area contributed by atoms with Crippen LogP contribution in [0.25, 0.3) is 10.9 Å². The van der Waals surface area contributed by atoms with Crippen molar-refractivity contribution < 1.29 is 0 Å². The zero-order valence-electron chi connectivity index (χ0n) is 22.7. The molecule has 0 spiro atoms. The predicted octanol–water partition coefficient (Wildman–Crippen LogP) is 5.95. The molecular formula is C30H38N6O. The second-order valence-corrected chi connectivity index (χ2v) is 11.1. The molecule has 7 heteroatoms. The van der Waals surface area contributed by atoms with Crippen molar-refractivity contribution in [1.29, 1.82) is 0 Å². The van der Waals surface area contributed by atoms with Crippen LogP contribution in [-0.2, 0) is 13.1 Å². The number of nitrogens with zero attached hydrogens (tertiary/aromatic N) is 5. The number of hydrogen-bond donors (Lipinski definition) is 1. The first-order valence-corrected chi connectivity index (χ1v) is 13.5. The molecule has 0 bridgehead atoms. The summed E-state index contributed by atoms with van der Waals surface area (Å²) < 4.78 is 2.07. The topological polar surface area (TPSA) is 79.7 Å². The van der Waals surface area contributed by atoms with E-state index in [1.165, 1.54) is 35.1 Å². The molecule has 0 saturated heterocycles. The monoisotopic (exact) mass is 498 g/mol. The van der Waals surface area contributed by atoms with Crippen LogP contribution in [0.4, 0.5) is 0 Å². The van der Waals surface area contributed by atoms with Gasteiger partial charge in [0.05, 0.1) is 12.1 Å². The normalized spacial score (nSPS) is 15.3. The zero-order chi connectivity index (χ0) is 26.1. The fraction of sp³-hybridized carbons (Fsp3) is 0.467. The molecule has 0 aliphatic heterocycles. The maximum absolute atomic E-state index is 13.3. The fourth-order valence-electron chi connectivity index (χ4n) is 5.73. The minimum absolute atomic E-state index is 0.0354. The molecule has 4 aromatic rings. The van der Waals surface area contributed by atoms with Gasteiger partial charge in [0.1, 0.15) is 0 Å². The Bertz CT molecular complexity index is 1430. The van der Waals surface area contributed by atoms with Crippen molar-refractivity contribution >= 4 is 10.9 Å². The Kier molecular flexibility index (Phi) is 7.24. The molecule has 0 unspecified atom stereocenters. The Morgan fingerprint density at radius 2 is 1.70 bits per heavy atom. The van der Waals surface area contributed by atoms with Crippen LogP contribution in [0.5, 0.6) is 0 Å². The standard InChI is InChI=1S/C30H38N6O/c1-19(2)28(29-32-33-34-36(29)26-8-6-7-9-26)35(17-23-12-10-20(3)11-13-23)18-25-16-24-14-21(4)22(5)15-27(24)31-30(25)37/h10-16,19,26,28H,6-9,17-18H2,1-5H3,(H,31,37)/t28-/m1/s1. The van der Waals surface area contributed by atoms with Crippen LogP contribution in [0.1, 0.15) is 85.3 Å². The number of aromatic nitrogens is 5. The van der Waals surface area contributed by atoms with Crippen LogP contribution in [0.3, 0.4) is 0 Å². The van der Waals surface area contributed by atoms with Gasteiger partial charge < -0.3 is 4.98 Å². The summed E-state index contributed by atoms with van der Waals surface area (Å²) in [6.45, 7) is 11.9. The third-order valence-corrected chi connectivity index (χ3v) is 7.89. The van der Waals surface area contributed by atoms with Gasteiger partial charge in [-0.15, -0.1) is 5.10 Å². The zero-order valence-corrected chi connectivity index (χ0v) is 22.7. The number of fused-ring (bicyclic) bond motifs is 1. The summed E-state index contributed by atoms with van der Waals surface area (Å²) in [7, 11) is 0. The van der Waals surface area contributed by atoms with E-state index in [-0.39, 0.29) is 17.5 Å². The van der Waals surface area contributed by atoms with Gasteiger partial charge in [-0.05, 0) is 90.2 Å². The van der Waals surface area contributed by atoms with E-state index in [0.29, 0.717) is 19.1 Å². The average molecular weight is 499 g/mol. The third kappa shape index (κ3) is 5.37. The number of aryl methyl sites for hydroxylation is 3. The molecular weight excluding hydrogens is 460 g/mol. The van der Waals surface area contributed by atoms with Gasteiger partial charge in [-0.2, -0.15) is 0 Å². The van der Waals surface area contributed by atoms with Crippen LogP contribution in [-0.4, -0.2) is 30.1 Å². The molecule has 1 saturated carbocycles. The Labute approximate surface area is 218 Å². The first kappa shape index (κ1) is 25.3. The van der Waals surface area contributed by atoms with Gasteiger partial charge in [0.15, 0.2) is 5.82 Å². The molecule has 1 N–H and O–H groups in total. The lowest BCUT2D eigenvalue weighted by molar-refractivity contribution is 0.123. The lowest BCUT2D eigenvalue weighted by atomic mass is 9.98. The highest BCUT2D eigenvalue weighted by Gasteiger charge is 2.32. The van der Waals surface area contributed by atoms with E-state index in [9.17, 15) is 4.79 Å².